The van der Waals surface area contributed by atoms with E-state index in [9.17, 15) is 4.79 Å². The van der Waals surface area contributed by atoms with Crippen molar-refractivity contribution in [2.75, 3.05) is 26.9 Å². The van der Waals surface area contributed by atoms with Crippen LogP contribution in [-0.2, 0) is 9.47 Å². The van der Waals surface area contributed by atoms with Crippen LogP contribution in [0, 0.1) is 5.92 Å². The van der Waals surface area contributed by atoms with Crippen LogP contribution in [0.3, 0.4) is 0 Å². The minimum Gasteiger partial charge on any atom is -0.493 e. The topological polar surface area (TPSA) is 44.8 Å². The molecule has 0 N–H and O–H groups in total. The fraction of sp³-hybridized carbons (Fsp3) is 0.462. The van der Waals surface area contributed by atoms with Crippen molar-refractivity contribution in [3.63, 3.8) is 0 Å². The Morgan fingerprint density at radius 3 is 3.00 bits per heavy atom. The van der Waals surface area contributed by atoms with E-state index < -0.39 is 0 Å². The molecule has 0 aliphatic carbocycles. The van der Waals surface area contributed by atoms with Crippen LogP contribution in [0.25, 0.3) is 0 Å². The first-order chi connectivity index (χ1) is 8.69. The van der Waals surface area contributed by atoms with E-state index in [4.69, 9.17) is 9.47 Å². The quantitative estimate of drug-likeness (QED) is 0.801. The van der Waals surface area contributed by atoms with E-state index in [1.807, 2.05) is 6.07 Å². The van der Waals surface area contributed by atoms with Gasteiger partial charge in [0, 0.05) is 17.0 Å². The van der Waals surface area contributed by atoms with Crippen LogP contribution in [0.5, 0.6) is 5.75 Å². The third kappa shape index (κ3) is 3.46. The van der Waals surface area contributed by atoms with Gasteiger partial charge in [-0.1, -0.05) is 15.9 Å². The number of halogens is 1. The Morgan fingerprint density at radius 2 is 2.33 bits per heavy atom. The number of carbonyl (C=O) groups is 1. The van der Waals surface area contributed by atoms with E-state index in [1.165, 1.54) is 7.11 Å². The number of ether oxygens (including phenoxy) is 3. The molecule has 0 spiro atoms. The molecule has 0 aromatic heterocycles. The van der Waals surface area contributed by atoms with Gasteiger partial charge in [-0.05, 0) is 24.6 Å². The Labute approximate surface area is 114 Å². The zero-order valence-electron chi connectivity index (χ0n) is 10.1. The fourth-order valence-electron chi connectivity index (χ4n) is 1.81. The second-order valence-corrected chi connectivity index (χ2v) is 5.12. The molecule has 0 unspecified atom stereocenters. The Bertz CT molecular complexity index is 427. The number of hydrogen-bond donors (Lipinski definition) is 0. The van der Waals surface area contributed by atoms with Crippen LogP contribution in [0.4, 0.5) is 0 Å². The summed E-state index contributed by atoms with van der Waals surface area (Å²) in [6.45, 7) is 2.16. The molecule has 0 amide bonds. The van der Waals surface area contributed by atoms with E-state index in [-0.39, 0.29) is 5.97 Å². The lowest BCUT2D eigenvalue weighted by atomic mass is 10.1. The summed E-state index contributed by atoms with van der Waals surface area (Å²) in [6.07, 6.45) is 1.03. The first-order valence-electron chi connectivity index (χ1n) is 5.78. The van der Waals surface area contributed by atoms with Gasteiger partial charge in [0.05, 0.1) is 25.9 Å². The lowest BCUT2D eigenvalue weighted by Gasteiger charge is -2.11. The van der Waals surface area contributed by atoms with Crippen LogP contribution in [-0.4, -0.2) is 32.9 Å². The molecule has 1 aliphatic heterocycles. The molecule has 1 aromatic carbocycles. The Kier molecular flexibility index (Phi) is 4.60. The zero-order chi connectivity index (χ0) is 13.0. The standard InChI is InChI=1S/C13H15BrO4/c1-16-13(15)10-4-11(14)6-12(5-10)18-8-9-2-3-17-7-9/h4-6,9H,2-3,7-8H2,1H3/t9-/m1/s1. The van der Waals surface area contributed by atoms with Crippen molar-refractivity contribution < 1.29 is 19.0 Å². The van der Waals surface area contributed by atoms with Gasteiger partial charge in [0.1, 0.15) is 5.75 Å². The van der Waals surface area contributed by atoms with Gasteiger partial charge in [-0.15, -0.1) is 0 Å². The lowest BCUT2D eigenvalue weighted by molar-refractivity contribution is 0.0600. The summed E-state index contributed by atoms with van der Waals surface area (Å²) in [5.74, 6) is 0.729. The van der Waals surface area contributed by atoms with E-state index in [0.29, 0.717) is 23.8 Å². The van der Waals surface area contributed by atoms with Crippen molar-refractivity contribution in [2.45, 2.75) is 6.42 Å². The highest BCUT2D eigenvalue weighted by atomic mass is 79.9. The summed E-state index contributed by atoms with van der Waals surface area (Å²) in [5, 5.41) is 0. The largest absolute Gasteiger partial charge is 0.493 e. The average Bonchev–Trinajstić information content (AvgIpc) is 2.88. The van der Waals surface area contributed by atoms with Crippen molar-refractivity contribution in [2.24, 2.45) is 5.92 Å². The molecule has 5 heteroatoms. The summed E-state index contributed by atoms with van der Waals surface area (Å²) in [4.78, 5) is 11.5. The van der Waals surface area contributed by atoms with Crippen molar-refractivity contribution >= 4 is 21.9 Å². The first-order valence-corrected chi connectivity index (χ1v) is 6.58. The Hall–Kier alpha value is -1.07. The van der Waals surface area contributed by atoms with Crippen molar-refractivity contribution in [3.8, 4) is 5.75 Å². The minimum absolute atomic E-state index is 0.370. The maximum atomic E-state index is 11.5. The molecule has 1 atom stereocenters. The molecule has 18 heavy (non-hydrogen) atoms. The average molecular weight is 315 g/mol. The second kappa shape index (κ2) is 6.20. The smallest absolute Gasteiger partial charge is 0.338 e. The summed E-state index contributed by atoms with van der Waals surface area (Å²) in [5.41, 5.74) is 0.476. The van der Waals surface area contributed by atoms with Crippen LogP contribution in [0.2, 0.25) is 0 Å². The van der Waals surface area contributed by atoms with Gasteiger partial charge in [-0.25, -0.2) is 4.79 Å². The van der Waals surface area contributed by atoms with Crippen molar-refractivity contribution in [3.05, 3.63) is 28.2 Å². The van der Waals surface area contributed by atoms with Crippen LogP contribution >= 0.6 is 15.9 Å². The maximum Gasteiger partial charge on any atom is 0.338 e. The molecule has 4 nitrogen and oxygen atoms in total. The number of methoxy groups -OCH3 is 1. The van der Waals surface area contributed by atoms with Crippen LogP contribution < -0.4 is 4.74 Å². The van der Waals surface area contributed by atoms with Crippen molar-refractivity contribution in [1.29, 1.82) is 0 Å². The van der Waals surface area contributed by atoms with Gasteiger partial charge in [0.2, 0.25) is 0 Å². The molecule has 1 aliphatic rings. The number of esters is 1. The number of hydrogen-bond acceptors (Lipinski definition) is 4. The van der Waals surface area contributed by atoms with Crippen LogP contribution in [0.15, 0.2) is 22.7 Å². The normalized spacial score (nSPS) is 18.7. The van der Waals surface area contributed by atoms with Gasteiger partial charge in [-0.3, -0.25) is 0 Å². The highest BCUT2D eigenvalue weighted by Gasteiger charge is 2.16. The van der Waals surface area contributed by atoms with Crippen LogP contribution in [0.1, 0.15) is 16.8 Å². The van der Waals surface area contributed by atoms with E-state index >= 15 is 0 Å². The third-order valence-corrected chi connectivity index (χ3v) is 3.26. The molecule has 0 bridgehead atoms. The molecule has 2 rings (SSSR count). The molecule has 1 saturated heterocycles. The molecule has 1 heterocycles. The lowest BCUT2D eigenvalue weighted by Crippen LogP contribution is -2.12. The molecule has 1 aromatic rings. The Balaban J connectivity index is 2.02. The van der Waals surface area contributed by atoms with Crippen molar-refractivity contribution in [1.82, 2.24) is 0 Å². The summed E-state index contributed by atoms with van der Waals surface area (Å²) < 4.78 is 16.5. The fourth-order valence-corrected chi connectivity index (χ4v) is 2.28. The third-order valence-electron chi connectivity index (χ3n) is 2.80. The number of rotatable bonds is 4. The van der Waals surface area contributed by atoms with Gasteiger partial charge in [-0.2, -0.15) is 0 Å². The number of benzene rings is 1. The monoisotopic (exact) mass is 314 g/mol. The first kappa shape index (κ1) is 13.4. The summed E-state index contributed by atoms with van der Waals surface area (Å²) in [6, 6.07) is 5.23. The molecular formula is C13H15BrO4. The van der Waals surface area contributed by atoms with E-state index in [2.05, 4.69) is 20.7 Å². The predicted molar refractivity (Wildman–Crippen MR) is 69.9 cm³/mol. The maximum absolute atomic E-state index is 11.5. The molecule has 1 fully saturated rings. The van der Waals surface area contributed by atoms with Gasteiger partial charge < -0.3 is 14.2 Å². The van der Waals surface area contributed by atoms with E-state index in [1.54, 1.807) is 12.1 Å². The zero-order valence-corrected chi connectivity index (χ0v) is 11.7. The molecule has 0 saturated carbocycles. The predicted octanol–water partition coefficient (Wildman–Crippen LogP) is 2.65. The Morgan fingerprint density at radius 1 is 1.50 bits per heavy atom. The SMILES string of the molecule is COC(=O)c1cc(Br)cc(OC[C@@H]2CCOC2)c1. The number of carbonyl (C=O) groups excluding carboxylic acids is 1. The van der Waals surface area contributed by atoms with Gasteiger partial charge in [0.25, 0.3) is 0 Å². The van der Waals surface area contributed by atoms with Gasteiger partial charge in [0.15, 0.2) is 0 Å². The summed E-state index contributed by atoms with van der Waals surface area (Å²) >= 11 is 3.35. The summed E-state index contributed by atoms with van der Waals surface area (Å²) in [7, 11) is 1.36. The molecule has 0 radical (unpaired) electrons. The second-order valence-electron chi connectivity index (χ2n) is 4.21. The molecule has 98 valence electrons. The highest BCUT2D eigenvalue weighted by Crippen LogP contribution is 2.23. The van der Waals surface area contributed by atoms with E-state index in [0.717, 1.165) is 24.1 Å². The van der Waals surface area contributed by atoms with Gasteiger partial charge >= 0.3 is 5.97 Å². The minimum atomic E-state index is -0.370. The highest BCUT2D eigenvalue weighted by molar-refractivity contribution is 9.10. The molecular weight excluding hydrogens is 300 g/mol.